The molecule has 2 heterocycles. The van der Waals surface area contributed by atoms with E-state index < -0.39 is 0 Å². The maximum Gasteiger partial charge on any atom is 0.138 e. The van der Waals surface area contributed by atoms with Crippen molar-refractivity contribution in [1.29, 1.82) is 0 Å². The average molecular weight is 334 g/mol. The summed E-state index contributed by atoms with van der Waals surface area (Å²) in [6.07, 6.45) is 2.37. The molecule has 2 aromatic carbocycles. The molecule has 128 valence electrons. The van der Waals surface area contributed by atoms with Crippen molar-refractivity contribution in [2.45, 2.75) is 18.9 Å². The number of benzene rings is 2. The van der Waals surface area contributed by atoms with E-state index in [9.17, 15) is 5.11 Å². The van der Waals surface area contributed by atoms with Crippen molar-refractivity contribution in [3.8, 4) is 5.75 Å². The zero-order chi connectivity index (χ0) is 16.8. The fourth-order valence-electron chi connectivity index (χ4n) is 3.82. The average Bonchev–Trinajstić information content (AvgIpc) is 3.48. The fraction of sp³-hybridized carbons (Fsp3) is 0.350. The third kappa shape index (κ3) is 2.55. The van der Waals surface area contributed by atoms with Gasteiger partial charge in [0.25, 0.3) is 0 Å². The van der Waals surface area contributed by atoms with Gasteiger partial charge in [0.2, 0.25) is 0 Å². The minimum atomic E-state index is 0.294. The molecule has 2 fully saturated rings. The summed E-state index contributed by atoms with van der Waals surface area (Å²) in [6.45, 7) is 3.89. The van der Waals surface area contributed by atoms with Crippen LogP contribution in [0.2, 0.25) is 0 Å². The third-order valence-electron chi connectivity index (χ3n) is 5.18. The second-order valence-corrected chi connectivity index (χ2v) is 6.96. The van der Waals surface area contributed by atoms with Gasteiger partial charge in [-0.15, -0.1) is 0 Å². The summed E-state index contributed by atoms with van der Waals surface area (Å²) < 4.78 is 0. The van der Waals surface area contributed by atoms with E-state index in [2.05, 4.69) is 39.4 Å². The van der Waals surface area contributed by atoms with Crippen LogP contribution in [0.1, 0.15) is 18.4 Å². The number of anilines is 2. The van der Waals surface area contributed by atoms with Crippen molar-refractivity contribution in [3.05, 3.63) is 48.0 Å². The first-order chi connectivity index (χ1) is 12.3. The van der Waals surface area contributed by atoms with Crippen molar-refractivity contribution in [2.75, 3.05) is 31.1 Å². The molecule has 0 bridgehead atoms. The number of para-hydroxylation sites is 1. The number of hydrogen-bond donors (Lipinski definition) is 2. The minimum absolute atomic E-state index is 0.294. The summed E-state index contributed by atoms with van der Waals surface area (Å²) in [5, 5.41) is 13.5. The van der Waals surface area contributed by atoms with Gasteiger partial charge in [-0.05, 0) is 37.1 Å². The van der Waals surface area contributed by atoms with Gasteiger partial charge in [0.1, 0.15) is 11.6 Å². The highest BCUT2D eigenvalue weighted by Gasteiger charge is 2.36. The van der Waals surface area contributed by atoms with Crippen LogP contribution in [-0.4, -0.2) is 48.1 Å². The van der Waals surface area contributed by atoms with Crippen molar-refractivity contribution >= 4 is 22.9 Å². The van der Waals surface area contributed by atoms with Crippen LogP contribution in [0.25, 0.3) is 0 Å². The molecule has 0 aromatic heterocycles. The van der Waals surface area contributed by atoms with Crippen molar-refractivity contribution in [1.82, 2.24) is 10.2 Å². The van der Waals surface area contributed by atoms with Crippen LogP contribution in [0, 0.1) is 0 Å². The minimum Gasteiger partial charge on any atom is -0.508 e. The topological polar surface area (TPSA) is 51.1 Å². The summed E-state index contributed by atoms with van der Waals surface area (Å²) in [7, 11) is 0. The smallest absolute Gasteiger partial charge is 0.138 e. The Labute approximate surface area is 147 Å². The number of rotatable bonds is 1. The van der Waals surface area contributed by atoms with Gasteiger partial charge >= 0.3 is 0 Å². The molecule has 0 spiro atoms. The molecule has 5 nitrogen and oxygen atoms in total. The quantitative estimate of drug-likeness (QED) is 0.842. The van der Waals surface area contributed by atoms with Gasteiger partial charge < -0.3 is 20.2 Å². The first kappa shape index (κ1) is 14.8. The number of hydrogen-bond acceptors (Lipinski definition) is 5. The molecule has 2 aromatic rings. The number of piperazine rings is 1. The van der Waals surface area contributed by atoms with E-state index in [1.165, 1.54) is 24.1 Å². The van der Waals surface area contributed by atoms with Gasteiger partial charge in [-0.25, -0.2) is 4.99 Å². The first-order valence-corrected chi connectivity index (χ1v) is 9.07. The number of amidine groups is 1. The molecule has 2 N–H and O–H groups in total. The van der Waals surface area contributed by atoms with Crippen molar-refractivity contribution < 1.29 is 5.11 Å². The van der Waals surface area contributed by atoms with Crippen LogP contribution in [-0.2, 0) is 0 Å². The second-order valence-electron chi connectivity index (χ2n) is 6.96. The Morgan fingerprint density at radius 1 is 1.00 bits per heavy atom. The predicted octanol–water partition coefficient (Wildman–Crippen LogP) is 2.99. The molecule has 1 saturated carbocycles. The van der Waals surface area contributed by atoms with Crippen LogP contribution in [0.5, 0.6) is 5.75 Å². The lowest BCUT2D eigenvalue weighted by atomic mass is 10.1. The van der Waals surface area contributed by atoms with Crippen LogP contribution in [0.15, 0.2) is 47.5 Å². The van der Waals surface area contributed by atoms with Crippen molar-refractivity contribution in [2.24, 2.45) is 4.99 Å². The molecular formula is C20H22N4O. The highest BCUT2D eigenvalue weighted by atomic mass is 16.3. The summed E-state index contributed by atoms with van der Waals surface area (Å²) in [4.78, 5) is 9.82. The van der Waals surface area contributed by atoms with E-state index in [-0.39, 0.29) is 0 Å². The molecule has 25 heavy (non-hydrogen) atoms. The maximum absolute atomic E-state index is 10.1. The van der Waals surface area contributed by atoms with E-state index in [4.69, 9.17) is 4.99 Å². The Balaban J connectivity index is 1.73. The Bertz CT molecular complexity index is 837. The molecule has 1 aliphatic carbocycles. The van der Waals surface area contributed by atoms with Gasteiger partial charge in [-0.2, -0.15) is 0 Å². The lowest BCUT2D eigenvalue weighted by molar-refractivity contribution is 0.358. The Kier molecular flexibility index (Phi) is 3.41. The molecule has 3 aliphatic rings. The molecule has 0 radical (unpaired) electrons. The number of nitrogens with zero attached hydrogens (tertiary/aromatic N) is 3. The fourth-order valence-corrected chi connectivity index (χ4v) is 3.82. The largest absolute Gasteiger partial charge is 0.508 e. The third-order valence-corrected chi connectivity index (χ3v) is 5.18. The highest BCUT2D eigenvalue weighted by molar-refractivity contribution is 6.08. The van der Waals surface area contributed by atoms with Crippen LogP contribution in [0.3, 0.4) is 0 Å². The van der Waals surface area contributed by atoms with Gasteiger partial charge in [-0.1, -0.05) is 12.1 Å². The molecule has 2 aliphatic heterocycles. The van der Waals surface area contributed by atoms with Gasteiger partial charge in [0.15, 0.2) is 0 Å². The maximum atomic E-state index is 10.1. The summed E-state index contributed by atoms with van der Waals surface area (Å²) in [5.41, 5.74) is 4.34. The molecule has 0 amide bonds. The summed E-state index contributed by atoms with van der Waals surface area (Å²) in [5.74, 6) is 1.34. The summed E-state index contributed by atoms with van der Waals surface area (Å²) >= 11 is 0. The number of phenolic OH excluding ortho intramolecular Hbond substituents is 1. The van der Waals surface area contributed by atoms with E-state index >= 15 is 0 Å². The molecule has 5 heteroatoms. The zero-order valence-electron chi connectivity index (χ0n) is 14.2. The first-order valence-electron chi connectivity index (χ1n) is 9.07. The van der Waals surface area contributed by atoms with Crippen molar-refractivity contribution in [3.63, 3.8) is 0 Å². The Morgan fingerprint density at radius 3 is 2.60 bits per heavy atom. The molecular weight excluding hydrogens is 312 g/mol. The van der Waals surface area contributed by atoms with Crippen LogP contribution >= 0.6 is 0 Å². The summed E-state index contributed by atoms with van der Waals surface area (Å²) in [6, 6.07) is 14.6. The van der Waals surface area contributed by atoms with Crippen LogP contribution < -0.4 is 10.2 Å². The number of nitrogens with one attached hydrogen (secondary N) is 1. The lowest BCUT2D eigenvalue weighted by Crippen LogP contribution is -2.46. The predicted molar refractivity (Wildman–Crippen MR) is 100 cm³/mol. The number of fused-ring (bicyclic) bond motifs is 2. The number of phenols is 1. The Morgan fingerprint density at radius 2 is 1.80 bits per heavy atom. The van der Waals surface area contributed by atoms with E-state index in [0.717, 1.165) is 43.4 Å². The van der Waals surface area contributed by atoms with Gasteiger partial charge in [0, 0.05) is 43.9 Å². The number of aliphatic imine (C=N–C) groups is 1. The Hall–Kier alpha value is -2.53. The van der Waals surface area contributed by atoms with E-state index in [1.807, 2.05) is 12.1 Å². The van der Waals surface area contributed by atoms with Gasteiger partial charge in [-0.3, -0.25) is 0 Å². The zero-order valence-corrected chi connectivity index (χ0v) is 14.2. The molecule has 0 atom stereocenters. The van der Waals surface area contributed by atoms with E-state index in [0.29, 0.717) is 11.8 Å². The normalized spacial score (nSPS) is 19.8. The SMILES string of the molecule is Oc1ccc2c(c1)N(C1CC1)c1ccccc1C(N1CCNCC1)=N2. The lowest BCUT2D eigenvalue weighted by Gasteiger charge is -2.31. The molecule has 0 unspecified atom stereocenters. The molecule has 1 saturated heterocycles. The number of aromatic hydroxyl groups is 1. The second kappa shape index (κ2) is 5.77. The monoisotopic (exact) mass is 334 g/mol. The molecule has 5 rings (SSSR count). The highest BCUT2D eigenvalue weighted by Crippen LogP contribution is 2.47. The van der Waals surface area contributed by atoms with Crippen LogP contribution in [0.4, 0.5) is 17.1 Å². The van der Waals surface area contributed by atoms with Gasteiger partial charge in [0.05, 0.1) is 17.1 Å². The standard InChI is InChI=1S/C20H22N4O/c25-15-7-8-17-19(13-15)24(14-5-6-14)18-4-2-1-3-16(18)20(22-17)23-11-9-21-10-12-23/h1-4,7-8,13-14,21,25H,5-6,9-12H2. The van der Waals surface area contributed by atoms with E-state index in [1.54, 1.807) is 6.07 Å².